The van der Waals surface area contributed by atoms with Crippen molar-refractivity contribution in [2.24, 2.45) is 0 Å². The zero-order chi connectivity index (χ0) is 10.8. The molecule has 76 valence electrons. The molecule has 0 aliphatic carbocycles. The number of hydrogen-bond acceptors (Lipinski definition) is 2. The van der Waals surface area contributed by atoms with Crippen LogP contribution >= 0.6 is 11.6 Å². The van der Waals surface area contributed by atoms with Crippen molar-refractivity contribution >= 4 is 27.6 Å². The highest BCUT2D eigenvalue weighted by Crippen LogP contribution is 2.22. The predicted molar refractivity (Wildman–Crippen MR) is 60.7 cm³/mol. The molecule has 0 saturated carbocycles. The third kappa shape index (κ3) is 1.95. The lowest BCUT2D eigenvalue weighted by molar-refractivity contribution is 0.108. The lowest BCUT2D eigenvalue weighted by Crippen LogP contribution is -1.88. The van der Waals surface area contributed by atoms with Crippen molar-refractivity contribution < 1.29 is 9.53 Å². The van der Waals surface area contributed by atoms with E-state index in [2.05, 4.69) is 0 Å². The van der Waals surface area contributed by atoms with Crippen LogP contribution in [0.15, 0.2) is 36.4 Å². The summed E-state index contributed by atoms with van der Waals surface area (Å²) in [7, 11) is 1.62. The number of rotatable bonds is 2. The molecule has 0 aliphatic rings. The number of fused-ring (bicyclic) bond motifs is 1. The third-order valence-electron chi connectivity index (χ3n) is 2.27. The van der Waals surface area contributed by atoms with Gasteiger partial charge in [-0.2, -0.15) is 0 Å². The van der Waals surface area contributed by atoms with E-state index in [9.17, 15) is 4.79 Å². The molecule has 0 unspecified atom stereocenters. The van der Waals surface area contributed by atoms with Crippen molar-refractivity contribution in [1.82, 2.24) is 0 Å². The quantitative estimate of drug-likeness (QED) is 0.727. The largest absolute Gasteiger partial charge is 0.497 e. The Kier molecular flexibility index (Phi) is 2.60. The van der Waals surface area contributed by atoms with E-state index in [1.54, 1.807) is 19.2 Å². The molecule has 3 heteroatoms. The molecule has 2 rings (SSSR count). The van der Waals surface area contributed by atoms with Crippen LogP contribution in [0.1, 0.15) is 10.4 Å². The van der Waals surface area contributed by atoms with E-state index in [4.69, 9.17) is 16.3 Å². The maximum absolute atomic E-state index is 11.0. The Bertz CT molecular complexity index is 520. The summed E-state index contributed by atoms with van der Waals surface area (Å²) < 4.78 is 5.11. The Morgan fingerprint density at radius 3 is 2.47 bits per heavy atom. The topological polar surface area (TPSA) is 26.3 Å². The monoisotopic (exact) mass is 220 g/mol. The highest BCUT2D eigenvalue weighted by molar-refractivity contribution is 6.67. The second-order valence-corrected chi connectivity index (χ2v) is 3.54. The van der Waals surface area contributed by atoms with Gasteiger partial charge in [-0.3, -0.25) is 4.79 Å². The summed E-state index contributed by atoms with van der Waals surface area (Å²) >= 11 is 5.40. The Balaban J connectivity index is 2.59. The van der Waals surface area contributed by atoms with E-state index < -0.39 is 5.24 Å². The zero-order valence-electron chi connectivity index (χ0n) is 8.16. The number of benzene rings is 2. The van der Waals surface area contributed by atoms with Crippen LogP contribution in [-0.4, -0.2) is 12.4 Å². The van der Waals surface area contributed by atoms with E-state index in [0.717, 1.165) is 16.5 Å². The molecule has 0 radical (unpaired) electrons. The predicted octanol–water partition coefficient (Wildman–Crippen LogP) is 3.23. The summed E-state index contributed by atoms with van der Waals surface area (Å²) in [6.07, 6.45) is 0. The van der Waals surface area contributed by atoms with Crippen molar-refractivity contribution in [2.45, 2.75) is 0 Å². The summed E-state index contributed by atoms with van der Waals surface area (Å²) in [5.41, 5.74) is 0.509. The molecule has 0 atom stereocenters. The van der Waals surface area contributed by atoms with Crippen molar-refractivity contribution in [3.05, 3.63) is 42.0 Å². The molecule has 2 aromatic rings. The average molecular weight is 221 g/mol. The summed E-state index contributed by atoms with van der Waals surface area (Å²) in [6.45, 7) is 0. The Hall–Kier alpha value is -1.54. The van der Waals surface area contributed by atoms with Crippen LogP contribution in [0.25, 0.3) is 10.8 Å². The number of hydrogen-bond donors (Lipinski definition) is 0. The van der Waals surface area contributed by atoms with E-state index in [-0.39, 0.29) is 0 Å². The van der Waals surface area contributed by atoms with Crippen molar-refractivity contribution in [1.29, 1.82) is 0 Å². The second-order valence-electron chi connectivity index (χ2n) is 3.20. The molecule has 15 heavy (non-hydrogen) atoms. The van der Waals surface area contributed by atoms with Crippen LogP contribution in [0.2, 0.25) is 0 Å². The fourth-order valence-electron chi connectivity index (χ4n) is 1.47. The molecule has 0 amide bonds. The van der Waals surface area contributed by atoms with Crippen molar-refractivity contribution in [3.8, 4) is 5.75 Å². The first-order valence-electron chi connectivity index (χ1n) is 4.48. The normalized spacial score (nSPS) is 10.3. The fraction of sp³-hybridized carbons (Fsp3) is 0.0833. The Morgan fingerprint density at radius 1 is 1.13 bits per heavy atom. The molecule has 2 nitrogen and oxygen atoms in total. The SMILES string of the molecule is COc1ccc2cc(C(=O)Cl)ccc2c1. The molecule has 0 saturated heterocycles. The van der Waals surface area contributed by atoms with Crippen molar-refractivity contribution in [3.63, 3.8) is 0 Å². The zero-order valence-corrected chi connectivity index (χ0v) is 8.91. The average Bonchev–Trinajstić information content (AvgIpc) is 2.27. The molecule has 0 heterocycles. The minimum Gasteiger partial charge on any atom is -0.497 e. The van der Waals surface area contributed by atoms with Gasteiger partial charge in [-0.25, -0.2) is 0 Å². The van der Waals surface area contributed by atoms with Gasteiger partial charge in [0.05, 0.1) is 7.11 Å². The van der Waals surface area contributed by atoms with Crippen LogP contribution in [0.4, 0.5) is 0 Å². The van der Waals surface area contributed by atoms with Gasteiger partial charge < -0.3 is 4.74 Å². The number of carbonyl (C=O) groups is 1. The first kappa shape index (κ1) is 9.99. The lowest BCUT2D eigenvalue weighted by Gasteiger charge is -2.03. The van der Waals surface area contributed by atoms with E-state index >= 15 is 0 Å². The van der Waals surface area contributed by atoms with Gasteiger partial charge in [0.25, 0.3) is 5.24 Å². The number of methoxy groups -OCH3 is 1. The molecule has 0 spiro atoms. The van der Waals surface area contributed by atoms with E-state index in [0.29, 0.717) is 5.56 Å². The molecule has 0 bridgehead atoms. The Morgan fingerprint density at radius 2 is 1.80 bits per heavy atom. The summed E-state index contributed by atoms with van der Waals surface area (Å²) in [5, 5.41) is 1.56. The molecule has 0 aliphatic heterocycles. The third-order valence-corrected chi connectivity index (χ3v) is 2.49. The van der Waals surface area contributed by atoms with Crippen LogP contribution in [0, 0.1) is 0 Å². The number of ether oxygens (including phenoxy) is 1. The molecule has 0 aromatic heterocycles. The first-order chi connectivity index (χ1) is 7.20. The van der Waals surface area contributed by atoms with Gasteiger partial charge in [0, 0.05) is 5.56 Å². The molecular formula is C12H9ClO2. The van der Waals surface area contributed by atoms with Crippen LogP contribution < -0.4 is 4.74 Å². The van der Waals surface area contributed by atoms with Gasteiger partial charge in [-0.1, -0.05) is 12.1 Å². The first-order valence-corrected chi connectivity index (χ1v) is 4.86. The van der Waals surface area contributed by atoms with Crippen molar-refractivity contribution in [2.75, 3.05) is 7.11 Å². The van der Waals surface area contributed by atoms with Gasteiger partial charge in [0.1, 0.15) is 5.75 Å². The molecule has 0 fully saturated rings. The van der Waals surface area contributed by atoms with Gasteiger partial charge in [0.15, 0.2) is 0 Å². The van der Waals surface area contributed by atoms with Crippen LogP contribution in [0.5, 0.6) is 5.75 Å². The molecular weight excluding hydrogens is 212 g/mol. The summed E-state index contributed by atoms with van der Waals surface area (Å²) in [4.78, 5) is 11.0. The maximum atomic E-state index is 11.0. The minimum atomic E-state index is -0.437. The van der Waals surface area contributed by atoms with Gasteiger partial charge >= 0.3 is 0 Å². The molecule has 0 N–H and O–H groups in total. The highest BCUT2D eigenvalue weighted by atomic mass is 35.5. The fourth-order valence-corrected chi connectivity index (χ4v) is 1.59. The summed E-state index contributed by atoms with van der Waals surface area (Å²) in [5.74, 6) is 0.799. The number of halogens is 1. The van der Waals surface area contributed by atoms with Gasteiger partial charge in [-0.05, 0) is 46.6 Å². The second kappa shape index (κ2) is 3.91. The van der Waals surface area contributed by atoms with Gasteiger partial charge in [0.2, 0.25) is 0 Å². The smallest absolute Gasteiger partial charge is 0.252 e. The van der Waals surface area contributed by atoms with Crippen LogP contribution in [-0.2, 0) is 0 Å². The Labute approximate surface area is 92.4 Å². The molecule has 2 aromatic carbocycles. The number of carbonyl (C=O) groups excluding carboxylic acids is 1. The summed E-state index contributed by atoms with van der Waals surface area (Å²) in [6, 6.07) is 11.0. The van der Waals surface area contributed by atoms with E-state index in [1.165, 1.54) is 0 Å². The lowest BCUT2D eigenvalue weighted by atomic mass is 10.1. The van der Waals surface area contributed by atoms with Crippen LogP contribution in [0.3, 0.4) is 0 Å². The van der Waals surface area contributed by atoms with Gasteiger partial charge in [-0.15, -0.1) is 0 Å². The maximum Gasteiger partial charge on any atom is 0.252 e. The minimum absolute atomic E-state index is 0.437. The van der Waals surface area contributed by atoms with E-state index in [1.807, 2.05) is 24.3 Å². The highest BCUT2D eigenvalue weighted by Gasteiger charge is 2.03. The standard InChI is InChI=1S/C12H9ClO2/c1-15-11-5-4-8-6-10(12(13)14)3-2-9(8)7-11/h2-7H,1H3.